The summed E-state index contributed by atoms with van der Waals surface area (Å²) < 4.78 is 0. The maximum Gasteiger partial charge on any atom is 0.255 e. The van der Waals surface area contributed by atoms with E-state index in [1.165, 1.54) is 6.08 Å². The molecule has 0 aliphatic rings. The topological polar surface area (TPSA) is 58.2 Å². The van der Waals surface area contributed by atoms with Crippen molar-refractivity contribution >= 4 is 40.9 Å². The van der Waals surface area contributed by atoms with Crippen molar-refractivity contribution in [3.05, 3.63) is 101 Å². The van der Waals surface area contributed by atoms with Crippen molar-refractivity contribution in [3.8, 4) is 0 Å². The number of hydrogen-bond donors (Lipinski definition) is 2. The van der Waals surface area contributed by atoms with Crippen LogP contribution in [0.5, 0.6) is 0 Å². The first-order chi connectivity index (χ1) is 13.5. The Labute approximate surface area is 168 Å². The lowest BCUT2D eigenvalue weighted by atomic mass is 10.1. The molecule has 2 N–H and O–H groups in total. The second-order valence-corrected chi connectivity index (χ2v) is 6.65. The third-order valence-electron chi connectivity index (χ3n) is 4.01. The van der Waals surface area contributed by atoms with Crippen LogP contribution in [0.4, 0.5) is 11.4 Å². The Hall–Kier alpha value is -3.37. The number of benzene rings is 3. The van der Waals surface area contributed by atoms with E-state index >= 15 is 0 Å². The van der Waals surface area contributed by atoms with Crippen LogP contribution in [0.2, 0.25) is 5.02 Å². The first-order valence-electron chi connectivity index (χ1n) is 8.73. The Morgan fingerprint density at radius 1 is 0.857 bits per heavy atom. The first-order valence-corrected chi connectivity index (χ1v) is 9.11. The van der Waals surface area contributed by atoms with Gasteiger partial charge in [0.2, 0.25) is 5.91 Å². The van der Waals surface area contributed by atoms with E-state index in [1.807, 2.05) is 43.3 Å². The monoisotopic (exact) mass is 390 g/mol. The predicted molar refractivity (Wildman–Crippen MR) is 115 cm³/mol. The molecule has 5 heteroatoms. The highest BCUT2D eigenvalue weighted by atomic mass is 35.5. The van der Waals surface area contributed by atoms with E-state index in [1.54, 1.807) is 42.5 Å². The highest BCUT2D eigenvalue weighted by molar-refractivity contribution is 6.32. The lowest BCUT2D eigenvalue weighted by Gasteiger charge is -2.07. The maximum absolute atomic E-state index is 12.3. The van der Waals surface area contributed by atoms with Crippen LogP contribution in [0.15, 0.2) is 78.9 Å². The van der Waals surface area contributed by atoms with Crippen molar-refractivity contribution in [2.24, 2.45) is 0 Å². The number of rotatable bonds is 5. The van der Waals surface area contributed by atoms with Crippen LogP contribution in [-0.2, 0) is 4.79 Å². The van der Waals surface area contributed by atoms with E-state index in [4.69, 9.17) is 11.6 Å². The van der Waals surface area contributed by atoms with Gasteiger partial charge >= 0.3 is 0 Å². The van der Waals surface area contributed by atoms with E-state index in [2.05, 4.69) is 10.6 Å². The Morgan fingerprint density at radius 2 is 1.54 bits per heavy atom. The number of halogens is 1. The SMILES string of the molecule is Cc1cccc(C(=O)Nc2ccc(NC(=O)/C=C/c3ccccc3Cl)cc2)c1. The Morgan fingerprint density at radius 3 is 2.21 bits per heavy atom. The Bertz CT molecular complexity index is 1030. The molecule has 0 atom stereocenters. The van der Waals surface area contributed by atoms with E-state index in [0.717, 1.165) is 11.1 Å². The summed E-state index contributed by atoms with van der Waals surface area (Å²) in [5.74, 6) is -0.445. The van der Waals surface area contributed by atoms with Crippen LogP contribution >= 0.6 is 11.6 Å². The van der Waals surface area contributed by atoms with Crippen molar-refractivity contribution < 1.29 is 9.59 Å². The number of carbonyl (C=O) groups excluding carboxylic acids is 2. The standard InChI is InChI=1S/C23H19ClN2O2/c1-16-5-4-7-18(15-16)23(28)26-20-12-10-19(11-13-20)25-22(27)14-9-17-6-2-3-8-21(17)24/h2-15H,1H3,(H,25,27)(H,26,28)/b14-9+. The molecule has 0 fully saturated rings. The van der Waals surface area contributed by atoms with Crippen molar-refractivity contribution in [1.82, 2.24) is 0 Å². The molecule has 0 saturated carbocycles. The van der Waals surface area contributed by atoms with E-state index in [9.17, 15) is 9.59 Å². The number of hydrogen-bond acceptors (Lipinski definition) is 2. The molecule has 3 aromatic rings. The highest BCUT2D eigenvalue weighted by Crippen LogP contribution is 2.17. The fourth-order valence-electron chi connectivity index (χ4n) is 2.59. The van der Waals surface area contributed by atoms with E-state index < -0.39 is 0 Å². The zero-order valence-corrected chi connectivity index (χ0v) is 16.0. The Balaban J connectivity index is 1.59. The summed E-state index contributed by atoms with van der Waals surface area (Å²) in [6.45, 7) is 1.94. The minimum Gasteiger partial charge on any atom is -0.323 e. The van der Waals surface area contributed by atoms with Gasteiger partial charge in [-0.15, -0.1) is 0 Å². The molecule has 0 bridgehead atoms. The molecule has 0 radical (unpaired) electrons. The number of nitrogens with one attached hydrogen (secondary N) is 2. The quantitative estimate of drug-likeness (QED) is 0.561. The van der Waals surface area contributed by atoms with Gasteiger partial charge in [0.25, 0.3) is 5.91 Å². The van der Waals surface area contributed by atoms with Gasteiger partial charge in [-0.2, -0.15) is 0 Å². The summed E-state index contributed by atoms with van der Waals surface area (Å²) in [6.07, 6.45) is 3.09. The molecule has 0 aliphatic heterocycles. The minimum atomic E-state index is -0.267. The largest absolute Gasteiger partial charge is 0.323 e. The average Bonchev–Trinajstić information content (AvgIpc) is 2.69. The summed E-state index contributed by atoms with van der Waals surface area (Å²) in [5, 5.41) is 6.19. The molecule has 0 spiro atoms. The van der Waals surface area contributed by atoms with E-state index in [-0.39, 0.29) is 11.8 Å². The lowest BCUT2D eigenvalue weighted by molar-refractivity contribution is -0.111. The molecule has 3 rings (SSSR count). The van der Waals surface area contributed by atoms with Gasteiger partial charge in [0.15, 0.2) is 0 Å². The number of anilines is 2. The summed E-state index contributed by atoms with van der Waals surface area (Å²) in [5.41, 5.74) is 3.67. The van der Waals surface area contributed by atoms with Crippen LogP contribution in [0.3, 0.4) is 0 Å². The molecule has 28 heavy (non-hydrogen) atoms. The van der Waals surface area contributed by atoms with Crippen LogP contribution in [0.1, 0.15) is 21.5 Å². The van der Waals surface area contributed by atoms with Crippen LogP contribution in [0, 0.1) is 6.92 Å². The summed E-state index contributed by atoms with van der Waals surface area (Å²) >= 11 is 6.06. The van der Waals surface area contributed by atoms with Crippen molar-refractivity contribution in [2.45, 2.75) is 6.92 Å². The average molecular weight is 391 g/mol. The van der Waals surface area contributed by atoms with Gasteiger partial charge in [-0.25, -0.2) is 0 Å². The summed E-state index contributed by atoms with van der Waals surface area (Å²) in [4.78, 5) is 24.3. The molecule has 2 amide bonds. The number of carbonyl (C=O) groups is 2. The van der Waals surface area contributed by atoms with Gasteiger partial charge in [-0.05, 0) is 61.0 Å². The zero-order valence-electron chi connectivity index (χ0n) is 15.3. The predicted octanol–water partition coefficient (Wildman–Crippen LogP) is 5.55. The summed E-state index contributed by atoms with van der Waals surface area (Å²) in [7, 11) is 0. The first kappa shape index (κ1) is 19.4. The minimum absolute atomic E-state index is 0.178. The van der Waals surface area contributed by atoms with Crippen molar-refractivity contribution in [1.29, 1.82) is 0 Å². The smallest absolute Gasteiger partial charge is 0.255 e. The van der Waals surface area contributed by atoms with Crippen LogP contribution < -0.4 is 10.6 Å². The van der Waals surface area contributed by atoms with E-state index in [0.29, 0.717) is 22.0 Å². The third kappa shape index (κ3) is 5.32. The molecule has 140 valence electrons. The zero-order chi connectivity index (χ0) is 19.9. The second kappa shape index (κ2) is 9.02. The van der Waals surface area contributed by atoms with Crippen LogP contribution in [-0.4, -0.2) is 11.8 Å². The molecule has 4 nitrogen and oxygen atoms in total. The maximum atomic E-state index is 12.3. The lowest BCUT2D eigenvalue weighted by Crippen LogP contribution is -2.12. The van der Waals surface area contributed by atoms with Gasteiger partial charge in [-0.3, -0.25) is 9.59 Å². The van der Waals surface area contributed by atoms with Gasteiger partial charge in [0.05, 0.1) is 0 Å². The van der Waals surface area contributed by atoms with Crippen molar-refractivity contribution in [3.63, 3.8) is 0 Å². The van der Waals surface area contributed by atoms with Gasteiger partial charge in [0, 0.05) is 28.0 Å². The molecule has 3 aromatic carbocycles. The molecular formula is C23H19ClN2O2. The summed E-state index contributed by atoms with van der Waals surface area (Å²) in [6, 6.07) is 21.6. The molecule has 0 heterocycles. The van der Waals surface area contributed by atoms with Crippen LogP contribution in [0.25, 0.3) is 6.08 Å². The molecular weight excluding hydrogens is 372 g/mol. The molecule has 0 unspecified atom stereocenters. The van der Waals surface area contributed by atoms with Gasteiger partial charge < -0.3 is 10.6 Å². The molecule has 0 saturated heterocycles. The fraction of sp³-hybridized carbons (Fsp3) is 0.0435. The third-order valence-corrected chi connectivity index (χ3v) is 4.35. The fourth-order valence-corrected chi connectivity index (χ4v) is 2.78. The van der Waals surface area contributed by atoms with Crippen molar-refractivity contribution in [2.75, 3.05) is 10.6 Å². The highest BCUT2D eigenvalue weighted by Gasteiger charge is 2.06. The molecule has 0 aromatic heterocycles. The number of amides is 2. The Kier molecular flexibility index (Phi) is 6.25. The number of aryl methyl sites for hydroxylation is 1. The second-order valence-electron chi connectivity index (χ2n) is 6.25. The van der Waals surface area contributed by atoms with Gasteiger partial charge in [0.1, 0.15) is 0 Å². The van der Waals surface area contributed by atoms with Gasteiger partial charge in [-0.1, -0.05) is 47.5 Å². The normalized spacial score (nSPS) is 10.6. The molecule has 0 aliphatic carbocycles.